The largest absolute Gasteiger partial charge is 0.489 e. The number of fused-ring (bicyclic) bond motifs is 2. The number of alkyl halides is 2. The van der Waals surface area contributed by atoms with Gasteiger partial charge in [-0.3, -0.25) is 29.1 Å². The number of ether oxygens (including phenoxy) is 2. The molecule has 3 aliphatic heterocycles. The van der Waals surface area contributed by atoms with Crippen molar-refractivity contribution in [3.63, 3.8) is 0 Å². The van der Waals surface area contributed by atoms with E-state index in [9.17, 15) is 36.7 Å². The Labute approximate surface area is 400 Å². The lowest BCUT2D eigenvalue weighted by atomic mass is 9.81. The molecule has 370 valence electrons. The topological polar surface area (TPSA) is 168 Å². The van der Waals surface area contributed by atoms with Crippen LogP contribution in [0.5, 0.6) is 11.6 Å². The third-order valence-electron chi connectivity index (χ3n) is 14.1. The molecule has 69 heavy (non-hydrogen) atoms. The highest BCUT2D eigenvalue weighted by Gasteiger charge is 2.42. The molecule has 1 aliphatic carbocycles. The van der Waals surface area contributed by atoms with Crippen LogP contribution < -0.4 is 20.1 Å². The van der Waals surface area contributed by atoms with Crippen molar-refractivity contribution in [3.8, 4) is 11.6 Å². The van der Waals surface area contributed by atoms with Crippen LogP contribution in [-0.4, -0.2) is 148 Å². The first-order chi connectivity index (χ1) is 33.2. The summed E-state index contributed by atoms with van der Waals surface area (Å²) in [4.78, 5) is 66.8. The molecule has 1 saturated carbocycles. The van der Waals surface area contributed by atoms with Gasteiger partial charge >= 0.3 is 0 Å². The zero-order valence-electron chi connectivity index (χ0n) is 38.6. The zero-order chi connectivity index (χ0) is 48.4. The maximum atomic E-state index is 14.8. The SMILES string of the molecule is CN[C@@H](C)C(=O)NC(C(=O)N1CCN(C(=O)c2cc3cc(F)c(F)cc3n2CC(=O)N2CCC[C@H]2COc2cc(CN3CCC(Oc4ccnc5ccsc45)CC3)on2)CC1)C1CCC(F)(F)CC1. The molecule has 2 N–H and O–H groups in total. The number of aromatic nitrogens is 3. The summed E-state index contributed by atoms with van der Waals surface area (Å²) >= 11 is 1.62. The van der Waals surface area contributed by atoms with E-state index >= 15 is 0 Å². The Balaban J connectivity index is 0.805. The fourth-order valence-corrected chi connectivity index (χ4v) is 10.8. The van der Waals surface area contributed by atoms with E-state index in [1.807, 2.05) is 17.5 Å². The molecule has 3 saturated heterocycles. The number of thiophene rings is 1. The number of amides is 4. The van der Waals surface area contributed by atoms with Gasteiger partial charge < -0.3 is 43.9 Å². The van der Waals surface area contributed by atoms with Crippen molar-refractivity contribution < 1.29 is 50.7 Å². The standard InChI is InChI=1S/C48H57F4N9O7S/c1-29(53-2)45(63)55-43(30-5-11-48(51,52)12-6-30)47(65)59-19-17-58(18-20-59)46(64)39-23-31-22-35(49)36(50)25-38(31)61(39)27-42(62)60-14-3-4-32(60)28-66-41-24-34(68-56-41)26-57-15-8-33(9-16-57)67-40-7-13-54-37-10-21-69-44(37)40/h7,10,13,21-25,29-30,32-33,43,53H,3-6,8-9,11-12,14-20,26-28H2,1-2H3,(H,55,63)/t29-,32-,43?/m0/s1. The quantitative estimate of drug-likeness (QED) is 0.121. The van der Waals surface area contributed by atoms with Gasteiger partial charge in [0.25, 0.3) is 11.8 Å². The van der Waals surface area contributed by atoms with Crippen molar-refractivity contribution in [3.05, 3.63) is 71.1 Å². The summed E-state index contributed by atoms with van der Waals surface area (Å²) in [5.74, 6) is -5.42. The molecule has 0 bridgehead atoms. The molecule has 4 amide bonds. The number of piperidine rings is 1. The van der Waals surface area contributed by atoms with Gasteiger partial charge in [-0.05, 0) is 93.2 Å². The van der Waals surface area contributed by atoms with Gasteiger partial charge in [-0.15, -0.1) is 11.3 Å². The molecular weight excluding hydrogens is 923 g/mol. The predicted molar refractivity (Wildman–Crippen MR) is 247 cm³/mol. The second kappa shape index (κ2) is 20.7. The van der Waals surface area contributed by atoms with Crippen LogP contribution in [0, 0.1) is 17.6 Å². The van der Waals surface area contributed by atoms with Crippen LogP contribution in [0.4, 0.5) is 17.6 Å². The monoisotopic (exact) mass is 979 g/mol. The minimum Gasteiger partial charge on any atom is -0.489 e. The lowest BCUT2D eigenvalue weighted by Crippen LogP contribution is -2.59. The molecular formula is C48H57F4N9O7S. The Morgan fingerprint density at radius 3 is 2.42 bits per heavy atom. The highest BCUT2D eigenvalue weighted by molar-refractivity contribution is 7.17. The Morgan fingerprint density at radius 1 is 0.928 bits per heavy atom. The van der Waals surface area contributed by atoms with Crippen molar-refractivity contribution in [1.29, 1.82) is 0 Å². The third kappa shape index (κ3) is 10.8. The van der Waals surface area contributed by atoms with E-state index in [4.69, 9.17) is 14.0 Å². The summed E-state index contributed by atoms with van der Waals surface area (Å²) in [5.41, 5.74) is 1.15. The minimum absolute atomic E-state index is 0.0462. The molecule has 9 rings (SSSR count). The molecule has 21 heteroatoms. The summed E-state index contributed by atoms with van der Waals surface area (Å²) in [7, 11) is 1.60. The minimum atomic E-state index is -2.83. The number of carbonyl (C=O) groups is 4. The smallest absolute Gasteiger partial charge is 0.270 e. The maximum absolute atomic E-state index is 14.8. The number of halogens is 4. The Bertz CT molecular complexity index is 2650. The van der Waals surface area contributed by atoms with Crippen LogP contribution in [0.2, 0.25) is 0 Å². The average molecular weight is 980 g/mol. The average Bonchev–Trinajstić information content (AvgIpc) is 4.19. The Hall–Kier alpha value is -5.80. The number of piperazine rings is 1. The number of hydrogen-bond acceptors (Lipinski definition) is 12. The van der Waals surface area contributed by atoms with Crippen LogP contribution in [0.3, 0.4) is 0 Å². The molecule has 4 aromatic heterocycles. The molecule has 1 unspecified atom stereocenters. The van der Waals surface area contributed by atoms with Crippen molar-refractivity contribution >= 4 is 56.1 Å². The number of hydrogen-bond donors (Lipinski definition) is 2. The molecule has 5 aromatic rings. The summed E-state index contributed by atoms with van der Waals surface area (Å²) < 4.78 is 78.1. The van der Waals surface area contributed by atoms with E-state index < -0.39 is 53.3 Å². The number of nitrogens with zero attached hydrogens (tertiary/aromatic N) is 7. The summed E-state index contributed by atoms with van der Waals surface area (Å²) in [5, 5.41) is 12.0. The van der Waals surface area contributed by atoms with Crippen molar-refractivity contribution in [1.82, 2.24) is 44.9 Å². The zero-order valence-corrected chi connectivity index (χ0v) is 39.5. The molecule has 0 radical (unpaired) electrons. The fraction of sp³-hybridized carbons (Fsp3) is 0.542. The molecule has 1 aromatic carbocycles. The number of carbonyl (C=O) groups excluding carboxylic acids is 4. The first-order valence-electron chi connectivity index (χ1n) is 23.7. The fourth-order valence-electron chi connectivity index (χ4n) is 9.99. The van der Waals surface area contributed by atoms with E-state index in [1.54, 1.807) is 42.5 Å². The summed E-state index contributed by atoms with van der Waals surface area (Å²) in [6.07, 6.45) is 4.31. The highest BCUT2D eigenvalue weighted by Crippen LogP contribution is 2.38. The van der Waals surface area contributed by atoms with Gasteiger partial charge in [0, 0.05) is 82.4 Å². The maximum Gasteiger partial charge on any atom is 0.270 e. The molecule has 4 fully saturated rings. The third-order valence-corrected chi connectivity index (χ3v) is 15.0. The molecule has 4 aliphatic rings. The predicted octanol–water partition coefficient (Wildman–Crippen LogP) is 5.83. The van der Waals surface area contributed by atoms with E-state index in [0.29, 0.717) is 37.6 Å². The van der Waals surface area contributed by atoms with E-state index in [0.717, 1.165) is 54.0 Å². The number of benzene rings is 1. The van der Waals surface area contributed by atoms with Gasteiger partial charge in [0.05, 0.1) is 34.4 Å². The van der Waals surface area contributed by atoms with Crippen molar-refractivity contribution in [2.75, 3.05) is 59.5 Å². The highest BCUT2D eigenvalue weighted by atomic mass is 32.1. The molecule has 16 nitrogen and oxygen atoms in total. The Kier molecular flexibility index (Phi) is 14.4. The molecule has 7 heterocycles. The lowest BCUT2D eigenvalue weighted by Gasteiger charge is -2.40. The summed E-state index contributed by atoms with van der Waals surface area (Å²) in [6.45, 7) is 4.38. The Morgan fingerprint density at radius 2 is 1.67 bits per heavy atom. The second-order valence-corrected chi connectivity index (χ2v) is 19.5. The van der Waals surface area contributed by atoms with E-state index in [2.05, 4.69) is 25.7 Å². The van der Waals surface area contributed by atoms with Gasteiger partial charge in [0.2, 0.25) is 23.6 Å². The van der Waals surface area contributed by atoms with Gasteiger partial charge in [-0.2, -0.15) is 0 Å². The normalized spacial score (nSPS) is 20.4. The van der Waals surface area contributed by atoms with Crippen molar-refractivity contribution in [2.24, 2.45) is 5.92 Å². The van der Waals surface area contributed by atoms with Crippen LogP contribution >= 0.6 is 11.3 Å². The number of likely N-dealkylation sites (tertiary alicyclic amines) is 2. The second-order valence-electron chi connectivity index (χ2n) is 18.6. The van der Waals surface area contributed by atoms with Gasteiger partial charge in [0.1, 0.15) is 36.7 Å². The van der Waals surface area contributed by atoms with E-state index in [-0.39, 0.29) is 99.7 Å². The van der Waals surface area contributed by atoms with Crippen LogP contribution in [0.1, 0.15) is 74.5 Å². The summed E-state index contributed by atoms with van der Waals surface area (Å²) in [6, 6.07) is 7.09. The van der Waals surface area contributed by atoms with Crippen LogP contribution in [-0.2, 0) is 27.5 Å². The van der Waals surface area contributed by atoms with Crippen LogP contribution in [0.15, 0.2) is 52.5 Å². The lowest BCUT2D eigenvalue weighted by molar-refractivity contribution is -0.141. The number of rotatable bonds is 15. The van der Waals surface area contributed by atoms with Gasteiger partial charge in [0.15, 0.2) is 17.4 Å². The van der Waals surface area contributed by atoms with Crippen molar-refractivity contribution in [2.45, 2.75) is 102 Å². The van der Waals surface area contributed by atoms with Crippen LogP contribution in [0.25, 0.3) is 21.1 Å². The van der Waals surface area contributed by atoms with Gasteiger partial charge in [-0.25, -0.2) is 17.6 Å². The van der Waals surface area contributed by atoms with Gasteiger partial charge in [-0.1, -0.05) is 0 Å². The first-order valence-corrected chi connectivity index (χ1v) is 24.6. The number of nitrogens with one attached hydrogen (secondary N) is 2. The number of likely N-dealkylation sites (N-methyl/N-ethyl adjacent to an activating group) is 1. The van der Waals surface area contributed by atoms with E-state index in [1.165, 1.54) is 20.4 Å². The first kappa shape index (κ1) is 48.2. The number of pyridine rings is 1. The molecule has 0 spiro atoms. The molecule has 3 atom stereocenters.